The summed E-state index contributed by atoms with van der Waals surface area (Å²) in [6.07, 6.45) is -0.346. The molecule has 4 aromatic carbocycles. The average Bonchev–Trinajstić information content (AvgIpc) is 3.29. The summed E-state index contributed by atoms with van der Waals surface area (Å²) in [6, 6.07) is 41.1. The van der Waals surface area contributed by atoms with E-state index >= 15 is 0 Å². The lowest BCUT2D eigenvalue weighted by molar-refractivity contribution is -0.154. The van der Waals surface area contributed by atoms with Gasteiger partial charge in [0.15, 0.2) is 0 Å². The minimum absolute atomic E-state index is 0.138. The third kappa shape index (κ3) is 5.26. The number of benzene rings is 4. The molecule has 1 aliphatic heterocycles. The molecule has 0 aromatic heterocycles. The summed E-state index contributed by atoms with van der Waals surface area (Å²) in [5, 5.41) is 0. The van der Waals surface area contributed by atoms with Crippen LogP contribution in [0.2, 0.25) is 0 Å². The lowest BCUT2D eigenvalue weighted by atomic mass is 9.97. The summed E-state index contributed by atoms with van der Waals surface area (Å²) in [5.41, 5.74) is 3.12. The topological polar surface area (TPSA) is 27.7 Å². The van der Waals surface area contributed by atoms with E-state index in [1.165, 1.54) is 4.90 Å². The van der Waals surface area contributed by atoms with Gasteiger partial charge < -0.3 is 14.2 Å². The van der Waals surface area contributed by atoms with Crippen molar-refractivity contribution in [3.05, 3.63) is 138 Å². The van der Waals surface area contributed by atoms with Gasteiger partial charge in [0.2, 0.25) is 5.79 Å². The molecule has 4 heteroatoms. The fraction of sp³-hybridized carbons (Fsp3) is 0.200. The molecule has 0 saturated carbocycles. The lowest BCUT2D eigenvalue weighted by Crippen LogP contribution is -2.30. The molecule has 0 aliphatic carbocycles. The molecule has 1 fully saturated rings. The van der Waals surface area contributed by atoms with Gasteiger partial charge in [0.05, 0.1) is 19.3 Å². The zero-order valence-corrected chi connectivity index (χ0v) is 19.8. The average molecular weight is 469 g/mol. The van der Waals surface area contributed by atoms with Crippen molar-refractivity contribution in [1.29, 1.82) is 0 Å². The van der Waals surface area contributed by atoms with E-state index in [1.807, 2.05) is 60.7 Å². The molecule has 3 nitrogen and oxygen atoms in total. The van der Waals surface area contributed by atoms with Crippen molar-refractivity contribution < 1.29 is 14.2 Å². The van der Waals surface area contributed by atoms with Gasteiger partial charge in [-0.15, -0.1) is 11.8 Å². The highest BCUT2D eigenvalue weighted by molar-refractivity contribution is 7.99. The van der Waals surface area contributed by atoms with E-state index in [2.05, 4.69) is 60.7 Å². The fourth-order valence-corrected chi connectivity index (χ4v) is 5.19. The molecule has 1 heterocycles. The first kappa shape index (κ1) is 22.9. The van der Waals surface area contributed by atoms with Crippen LogP contribution < -0.4 is 0 Å². The zero-order chi connectivity index (χ0) is 23.1. The second-order valence-corrected chi connectivity index (χ2v) is 9.38. The smallest absolute Gasteiger partial charge is 0.223 e. The Morgan fingerprint density at radius 1 is 0.618 bits per heavy atom. The molecule has 0 bridgehead atoms. The predicted octanol–water partition coefficient (Wildman–Crippen LogP) is 6.68. The molecule has 34 heavy (non-hydrogen) atoms. The summed E-state index contributed by atoms with van der Waals surface area (Å²) in [5.74, 6) is -0.198. The Labute approximate surface area is 205 Å². The van der Waals surface area contributed by atoms with E-state index in [9.17, 15) is 0 Å². The largest absolute Gasteiger partial charge is 0.374 e. The van der Waals surface area contributed by atoms with E-state index < -0.39 is 5.79 Å². The Hall–Kier alpha value is -2.89. The molecule has 0 N–H and O–H groups in total. The molecular weight excluding hydrogens is 440 g/mol. The summed E-state index contributed by atoms with van der Waals surface area (Å²) >= 11 is 1.78. The molecular formula is C30H28O3S. The number of hydrogen-bond acceptors (Lipinski definition) is 4. The molecule has 0 amide bonds. The standard InChI is InChI=1S/C30H28O3S/c1-5-13-24(14-6-1)21-31-22-28-29(23-34-27-19-11-4-12-20-27)33-30(32-28,25-15-7-2-8-16-25)26-17-9-3-10-18-26/h1-20,28-29H,21-23H2/t28-,29-/m0/s1. The summed E-state index contributed by atoms with van der Waals surface area (Å²) < 4.78 is 19.8. The lowest BCUT2D eigenvalue weighted by Gasteiger charge is -2.29. The second-order valence-electron chi connectivity index (χ2n) is 8.29. The molecule has 1 aliphatic rings. The molecule has 1 saturated heterocycles. The van der Waals surface area contributed by atoms with Crippen LogP contribution in [-0.2, 0) is 26.6 Å². The van der Waals surface area contributed by atoms with E-state index in [0.29, 0.717) is 13.2 Å². The highest BCUT2D eigenvalue weighted by Gasteiger charge is 2.50. The zero-order valence-electron chi connectivity index (χ0n) is 19.0. The van der Waals surface area contributed by atoms with Crippen LogP contribution in [0, 0.1) is 0 Å². The van der Waals surface area contributed by atoms with Gasteiger partial charge in [-0.2, -0.15) is 0 Å². The Balaban J connectivity index is 1.40. The van der Waals surface area contributed by atoms with E-state index in [0.717, 1.165) is 22.4 Å². The first-order valence-corrected chi connectivity index (χ1v) is 12.6. The summed E-state index contributed by atoms with van der Waals surface area (Å²) in [7, 11) is 0. The first-order chi connectivity index (χ1) is 16.8. The van der Waals surface area contributed by atoms with Gasteiger partial charge >= 0.3 is 0 Å². The van der Waals surface area contributed by atoms with Gasteiger partial charge in [-0.05, 0) is 17.7 Å². The predicted molar refractivity (Wildman–Crippen MR) is 137 cm³/mol. The van der Waals surface area contributed by atoms with Crippen LogP contribution in [-0.4, -0.2) is 24.6 Å². The normalized spacial score (nSPS) is 19.2. The van der Waals surface area contributed by atoms with Gasteiger partial charge in [0.1, 0.15) is 6.10 Å². The Morgan fingerprint density at radius 2 is 1.12 bits per heavy atom. The van der Waals surface area contributed by atoms with Crippen LogP contribution in [0.25, 0.3) is 0 Å². The Kier molecular flexibility index (Phi) is 7.42. The van der Waals surface area contributed by atoms with Crippen LogP contribution in [0.3, 0.4) is 0 Å². The van der Waals surface area contributed by atoms with Crippen molar-refractivity contribution in [2.45, 2.75) is 29.5 Å². The molecule has 2 atom stereocenters. The van der Waals surface area contributed by atoms with Gasteiger partial charge in [-0.3, -0.25) is 0 Å². The molecule has 172 valence electrons. The van der Waals surface area contributed by atoms with Crippen LogP contribution >= 0.6 is 11.8 Å². The van der Waals surface area contributed by atoms with Crippen molar-refractivity contribution in [3.8, 4) is 0 Å². The van der Waals surface area contributed by atoms with Gasteiger partial charge in [-0.1, -0.05) is 109 Å². The van der Waals surface area contributed by atoms with E-state index in [4.69, 9.17) is 14.2 Å². The summed E-state index contributed by atoms with van der Waals surface area (Å²) in [6.45, 7) is 0.999. The van der Waals surface area contributed by atoms with E-state index in [-0.39, 0.29) is 12.2 Å². The van der Waals surface area contributed by atoms with Crippen molar-refractivity contribution in [1.82, 2.24) is 0 Å². The quantitative estimate of drug-likeness (QED) is 0.256. The van der Waals surface area contributed by atoms with Gasteiger partial charge in [0, 0.05) is 21.8 Å². The highest BCUT2D eigenvalue weighted by Crippen LogP contribution is 2.44. The minimum atomic E-state index is -0.967. The number of hydrogen-bond donors (Lipinski definition) is 0. The molecule has 0 spiro atoms. The highest BCUT2D eigenvalue weighted by atomic mass is 32.2. The van der Waals surface area contributed by atoms with Gasteiger partial charge in [-0.25, -0.2) is 0 Å². The maximum Gasteiger partial charge on any atom is 0.223 e. The maximum absolute atomic E-state index is 6.84. The van der Waals surface area contributed by atoms with Gasteiger partial charge in [0.25, 0.3) is 0 Å². The van der Waals surface area contributed by atoms with Crippen LogP contribution in [0.4, 0.5) is 0 Å². The second kappa shape index (κ2) is 11.0. The molecule has 0 unspecified atom stereocenters. The molecule has 4 aromatic rings. The fourth-order valence-electron chi connectivity index (χ4n) is 4.20. The van der Waals surface area contributed by atoms with Crippen LogP contribution in [0.1, 0.15) is 16.7 Å². The van der Waals surface area contributed by atoms with Crippen LogP contribution in [0.15, 0.2) is 126 Å². The third-order valence-electron chi connectivity index (χ3n) is 5.91. The van der Waals surface area contributed by atoms with Crippen molar-refractivity contribution in [2.24, 2.45) is 0 Å². The van der Waals surface area contributed by atoms with Crippen LogP contribution in [0.5, 0.6) is 0 Å². The molecule has 5 rings (SSSR count). The maximum atomic E-state index is 6.84. The SMILES string of the molecule is c1ccc(COC[C@@H]2OC(c3ccccc3)(c3ccccc3)O[C@H]2CSc2ccccc2)cc1. The first-order valence-electron chi connectivity index (χ1n) is 11.6. The third-order valence-corrected chi connectivity index (χ3v) is 7.01. The Morgan fingerprint density at radius 3 is 1.71 bits per heavy atom. The monoisotopic (exact) mass is 468 g/mol. The Bertz CT molecular complexity index is 1100. The van der Waals surface area contributed by atoms with Crippen molar-refractivity contribution >= 4 is 11.8 Å². The van der Waals surface area contributed by atoms with Crippen molar-refractivity contribution in [2.75, 3.05) is 12.4 Å². The molecule has 0 radical (unpaired) electrons. The minimum Gasteiger partial charge on any atom is -0.374 e. The number of ether oxygens (including phenoxy) is 3. The summed E-state index contributed by atoms with van der Waals surface area (Å²) in [4.78, 5) is 1.21. The number of thioether (sulfide) groups is 1. The van der Waals surface area contributed by atoms with Crippen molar-refractivity contribution in [3.63, 3.8) is 0 Å². The number of rotatable bonds is 9. The van der Waals surface area contributed by atoms with E-state index in [1.54, 1.807) is 11.8 Å².